The number of nitrogens with one attached hydrogen (secondary N) is 2. The van der Waals surface area contributed by atoms with Gasteiger partial charge in [0.15, 0.2) is 0 Å². The average Bonchev–Trinajstić information content (AvgIpc) is 3.20. The lowest BCUT2D eigenvalue weighted by Gasteiger charge is -2.54. The Labute approximate surface area is 144 Å². The number of aromatic nitrogens is 2. The van der Waals surface area contributed by atoms with Gasteiger partial charge in [-0.1, -0.05) is 13.8 Å². The van der Waals surface area contributed by atoms with E-state index >= 15 is 0 Å². The van der Waals surface area contributed by atoms with Crippen molar-refractivity contribution in [1.29, 1.82) is 0 Å². The predicted octanol–water partition coefficient (Wildman–Crippen LogP) is 2.94. The summed E-state index contributed by atoms with van der Waals surface area (Å²) in [6, 6.07) is 7.30. The first-order valence-electron chi connectivity index (χ1n) is 8.05. The third kappa shape index (κ3) is 2.39. The summed E-state index contributed by atoms with van der Waals surface area (Å²) in [6.45, 7) is 5.09. The first kappa shape index (κ1) is 15.5. The molecule has 3 atom stereocenters. The number of nitrogens with zero attached hydrogens (tertiary/aromatic N) is 1. The van der Waals surface area contributed by atoms with Crippen molar-refractivity contribution in [2.75, 3.05) is 6.61 Å². The van der Waals surface area contributed by atoms with Crippen LogP contribution in [0.5, 0.6) is 0 Å². The predicted molar refractivity (Wildman–Crippen MR) is 90.0 cm³/mol. The maximum absolute atomic E-state index is 12.6. The van der Waals surface area contributed by atoms with Crippen molar-refractivity contribution >= 4 is 18.1 Å². The summed E-state index contributed by atoms with van der Waals surface area (Å²) < 4.78 is 11.0. The van der Waals surface area contributed by atoms with Gasteiger partial charge in [0.25, 0.3) is 10.7 Å². The summed E-state index contributed by atoms with van der Waals surface area (Å²) in [6.07, 6.45) is 1.28. The molecule has 7 heteroatoms. The van der Waals surface area contributed by atoms with Crippen LogP contribution in [0.4, 0.5) is 0 Å². The second kappa shape index (κ2) is 5.53. The van der Waals surface area contributed by atoms with Crippen LogP contribution >= 0.6 is 12.2 Å². The maximum atomic E-state index is 12.6. The Kier molecular flexibility index (Phi) is 3.58. The van der Waals surface area contributed by atoms with Crippen molar-refractivity contribution in [3.8, 4) is 11.5 Å². The molecule has 0 spiro atoms. The molecule has 6 nitrogen and oxygen atoms in total. The van der Waals surface area contributed by atoms with Gasteiger partial charge in [0, 0.05) is 35.1 Å². The normalized spacial score (nSPS) is 27.3. The Bertz CT molecular complexity index is 824. The van der Waals surface area contributed by atoms with Gasteiger partial charge in [-0.25, -0.2) is 5.10 Å². The molecule has 24 heavy (non-hydrogen) atoms. The van der Waals surface area contributed by atoms with E-state index in [2.05, 4.69) is 29.4 Å². The fourth-order valence-corrected chi connectivity index (χ4v) is 4.08. The smallest absolute Gasteiger partial charge is 0.284 e. The average molecular weight is 345 g/mol. The van der Waals surface area contributed by atoms with Crippen LogP contribution in [-0.2, 0) is 4.74 Å². The zero-order valence-corrected chi connectivity index (χ0v) is 14.4. The minimum absolute atomic E-state index is 0.0233. The second-order valence-corrected chi connectivity index (χ2v) is 7.38. The molecule has 2 fully saturated rings. The van der Waals surface area contributed by atoms with Crippen LogP contribution < -0.4 is 5.32 Å². The standard InChI is InChI=1S/C17H19N3O3S/c1-17(2)12(11-7-8-22-13(11)17)18-14(21)9-3-5-10(6-4-9)15-19-20-16(24)23-15/h3-6,11-13H,7-8H2,1-2H3,(H,18,21)(H,20,24)/t11-,12+,13+/m0/s1. The summed E-state index contributed by atoms with van der Waals surface area (Å²) in [5.41, 5.74) is 1.36. The molecule has 1 saturated carbocycles. The topological polar surface area (TPSA) is 80.2 Å². The second-order valence-electron chi connectivity index (χ2n) is 7.01. The lowest BCUT2D eigenvalue weighted by molar-refractivity contribution is -0.108. The lowest BCUT2D eigenvalue weighted by atomic mass is 9.57. The van der Waals surface area contributed by atoms with Crippen LogP contribution in [0.25, 0.3) is 11.5 Å². The summed E-state index contributed by atoms with van der Waals surface area (Å²) in [4.78, 5) is 12.8. The third-order valence-electron chi connectivity index (χ3n) is 5.22. The Hall–Kier alpha value is -1.99. The summed E-state index contributed by atoms with van der Waals surface area (Å²) >= 11 is 4.87. The van der Waals surface area contributed by atoms with Gasteiger partial charge in [-0.05, 0) is 42.9 Å². The lowest BCUT2D eigenvalue weighted by Crippen LogP contribution is -2.66. The minimum atomic E-state index is -0.0621. The van der Waals surface area contributed by atoms with E-state index in [9.17, 15) is 4.79 Å². The van der Waals surface area contributed by atoms with Crippen molar-refractivity contribution in [2.24, 2.45) is 11.3 Å². The van der Waals surface area contributed by atoms with E-state index in [1.165, 1.54) is 0 Å². The van der Waals surface area contributed by atoms with E-state index < -0.39 is 0 Å². The van der Waals surface area contributed by atoms with Gasteiger partial charge in [0.1, 0.15) is 0 Å². The Morgan fingerprint density at radius 2 is 2.12 bits per heavy atom. The summed E-state index contributed by atoms with van der Waals surface area (Å²) in [7, 11) is 0. The van der Waals surface area contributed by atoms with Gasteiger partial charge in [0.2, 0.25) is 5.89 Å². The fraction of sp³-hybridized carbons (Fsp3) is 0.471. The van der Waals surface area contributed by atoms with Crippen molar-refractivity contribution in [3.05, 3.63) is 34.7 Å². The minimum Gasteiger partial charge on any atom is -0.409 e. The molecular formula is C17H19N3O3S. The first-order chi connectivity index (χ1) is 11.5. The molecule has 1 aliphatic carbocycles. The highest BCUT2D eigenvalue weighted by molar-refractivity contribution is 7.71. The Morgan fingerprint density at radius 1 is 1.38 bits per heavy atom. The Morgan fingerprint density at radius 3 is 2.79 bits per heavy atom. The van der Waals surface area contributed by atoms with Gasteiger partial charge < -0.3 is 14.5 Å². The number of carbonyl (C=O) groups is 1. The molecule has 2 aliphatic rings. The van der Waals surface area contributed by atoms with E-state index in [1.807, 2.05) is 0 Å². The number of hydrogen-bond acceptors (Lipinski definition) is 5. The van der Waals surface area contributed by atoms with Crippen LogP contribution in [0.2, 0.25) is 0 Å². The fourth-order valence-electron chi connectivity index (χ4n) is 3.96. The molecule has 4 rings (SSSR count). The number of H-pyrrole nitrogens is 1. The number of ether oxygens (including phenoxy) is 1. The van der Waals surface area contributed by atoms with E-state index in [1.54, 1.807) is 24.3 Å². The molecule has 2 N–H and O–H groups in total. The van der Waals surface area contributed by atoms with E-state index in [4.69, 9.17) is 21.4 Å². The molecule has 0 radical (unpaired) electrons. The number of aromatic amines is 1. The number of hydrogen-bond donors (Lipinski definition) is 2. The van der Waals surface area contributed by atoms with Crippen molar-refractivity contribution in [1.82, 2.24) is 15.5 Å². The van der Waals surface area contributed by atoms with E-state index in [-0.39, 0.29) is 28.3 Å². The van der Waals surface area contributed by atoms with Crippen LogP contribution in [0.1, 0.15) is 30.6 Å². The highest BCUT2D eigenvalue weighted by Gasteiger charge is 2.59. The SMILES string of the molecule is CC1(C)[C@H](NC(=O)c2ccc(-c3n[nH]c(=S)o3)cc2)[C@@H]2CCO[C@H]21. The molecule has 126 valence electrons. The number of benzene rings is 1. The molecule has 1 aromatic heterocycles. The van der Waals surface area contributed by atoms with Gasteiger partial charge in [0.05, 0.1) is 6.10 Å². The van der Waals surface area contributed by atoms with Crippen molar-refractivity contribution < 1.29 is 13.9 Å². The zero-order chi connectivity index (χ0) is 16.9. The Balaban J connectivity index is 1.48. The molecule has 0 bridgehead atoms. The van der Waals surface area contributed by atoms with Gasteiger partial charge in [-0.2, -0.15) is 0 Å². The van der Waals surface area contributed by atoms with Gasteiger partial charge in [-0.3, -0.25) is 4.79 Å². The molecule has 1 saturated heterocycles. The third-order valence-corrected chi connectivity index (χ3v) is 5.39. The first-order valence-corrected chi connectivity index (χ1v) is 8.46. The monoisotopic (exact) mass is 345 g/mol. The van der Waals surface area contributed by atoms with Crippen LogP contribution in [-0.4, -0.2) is 34.9 Å². The molecule has 2 heterocycles. The largest absolute Gasteiger partial charge is 0.409 e. The number of carbonyl (C=O) groups excluding carboxylic acids is 1. The molecule has 0 unspecified atom stereocenters. The summed E-state index contributed by atoms with van der Waals surface area (Å²) in [5.74, 6) is 0.780. The van der Waals surface area contributed by atoms with E-state index in [0.29, 0.717) is 17.4 Å². The van der Waals surface area contributed by atoms with Crippen LogP contribution in [0.3, 0.4) is 0 Å². The van der Waals surface area contributed by atoms with Crippen LogP contribution in [0, 0.1) is 16.2 Å². The van der Waals surface area contributed by atoms with Crippen molar-refractivity contribution in [3.63, 3.8) is 0 Å². The molecule has 1 aromatic carbocycles. The quantitative estimate of drug-likeness (QED) is 0.836. The number of fused-ring (bicyclic) bond motifs is 1. The highest BCUT2D eigenvalue weighted by atomic mass is 32.1. The number of rotatable bonds is 3. The van der Waals surface area contributed by atoms with Gasteiger partial charge in [-0.15, -0.1) is 5.10 Å². The van der Waals surface area contributed by atoms with Crippen LogP contribution in [0.15, 0.2) is 28.7 Å². The highest BCUT2D eigenvalue weighted by Crippen LogP contribution is 2.52. The maximum Gasteiger partial charge on any atom is 0.284 e. The van der Waals surface area contributed by atoms with E-state index in [0.717, 1.165) is 18.6 Å². The zero-order valence-electron chi connectivity index (χ0n) is 13.5. The van der Waals surface area contributed by atoms with Crippen molar-refractivity contribution in [2.45, 2.75) is 32.4 Å². The molecule has 1 aliphatic heterocycles. The number of amides is 1. The van der Waals surface area contributed by atoms with Gasteiger partial charge >= 0.3 is 0 Å². The summed E-state index contributed by atoms with van der Waals surface area (Å²) in [5, 5.41) is 9.74. The molecule has 1 amide bonds. The molecular weight excluding hydrogens is 326 g/mol. The molecule has 2 aromatic rings.